The Bertz CT molecular complexity index is 672. The van der Waals surface area contributed by atoms with Crippen LogP contribution in [-0.2, 0) is 49.9 Å². The smallest absolute Gasteiger partial charge is 0.442 e. The minimum atomic E-state index is -5.28. The number of phosphoric acid groups is 3. The van der Waals surface area contributed by atoms with Crippen LogP contribution in [0.1, 0.15) is 6.42 Å². The van der Waals surface area contributed by atoms with Crippen molar-refractivity contribution in [3.63, 3.8) is 0 Å². The molecule has 0 aromatic rings. The first-order chi connectivity index (χ1) is 12.9. The molecule has 0 radical (unpaired) electrons. The number of carbonyl (C=O) groups is 1. The van der Waals surface area contributed by atoms with Crippen LogP contribution in [0, 0.1) is 0 Å². The highest BCUT2D eigenvalue weighted by Gasteiger charge is 2.45. The van der Waals surface area contributed by atoms with Crippen molar-refractivity contribution in [2.75, 3.05) is 27.9 Å². The van der Waals surface area contributed by atoms with E-state index in [1.165, 1.54) is 0 Å². The quantitative estimate of drug-likeness (QED) is 0.120. The number of amides is 1. The number of rotatable bonds is 11. The molecular formula is C9H22BN2O13P3. The Kier molecular flexibility index (Phi) is 9.75. The SMILES string of the molecule is B[C@H]1CC(OC(=O)NN)[C@@H](COP(=O)(OC)OP(=O)(O)OP(=O)(OC)OC)O1. The molecular weight excluding hydrogens is 448 g/mol. The number of nitrogens with one attached hydrogen (secondary N) is 1. The molecule has 0 saturated carbocycles. The number of hydrogen-bond donors (Lipinski definition) is 3. The fraction of sp³-hybridized carbons (Fsp3) is 0.889. The standard InChI is InChI=1S/C9H22BN2O13P3/c1-18-27(16,19-2)24-26(14,15)25-28(17,20-3)21-5-7-6(4-8(10)22-7)23-9(13)12-11/h6-8H,4-5,10-11H2,1-3H3,(H,12,13)(H,14,15)/t6?,7-,8-,28?/m1/s1. The summed E-state index contributed by atoms with van der Waals surface area (Å²) < 4.78 is 73.3. The Morgan fingerprint density at radius 1 is 1.18 bits per heavy atom. The summed E-state index contributed by atoms with van der Waals surface area (Å²) in [6, 6.07) is -0.339. The summed E-state index contributed by atoms with van der Waals surface area (Å²) in [6.45, 7) is -0.524. The van der Waals surface area contributed by atoms with Gasteiger partial charge in [-0.25, -0.2) is 24.3 Å². The molecule has 0 aliphatic carbocycles. The minimum absolute atomic E-state index is 0.284. The van der Waals surface area contributed by atoms with Gasteiger partial charge in [-0.15, -0.1) is 0 Å². The van der Waals surface area contributed by atoms with E-state index in [0.29, 0.717) is 0 Å². The van der Waals surface area contributed by atoms with Crippen LogP contribution < -0.4 is 11.3 Å². The van der Waals surface area contributed by atoms with Crippen LogP contribution in [0.25, 0.3) is 0 Å². The van der Waals surface area contributed by atoms with Gasteiger partial charge >= 0.3 is 29.6 Å². The summed E-state index contributed by atoms with van der Waals surface area (Å²) in [5.74, 6) is 4.94. The van der Waals surface area contributed by atoms with Crippen LogP contribution in [-0.4, -0.2) is 65.0 Å². The van der Waals surface area contributed by atoms with Gasteiger partial charge < -0.3 is 14.4 Å². The average Bonchev–Trinajstić information content (AvgIpc) is 2.98. The van der Waals surface area contributed by atoms with Gasteiger partial charge in [-0.3, -0.25) is 23.5 Å². The molecule has 1 amide bonds. The van der Waals surface area contributed by atoms with E-state index in [9.17, 15) is 23.4 Å². The first kappa shape index (κ1) is 25.7. The van der Waals surface area contributed by atoms with Gasteiger partial charge in [0.05, 0.1) is 6.61 Å². The maximum absolute atomic E-state index is 12.4. The number of hydrazine groups is 1. The highest BCUT2D eigenvalue weighted by Crippen LogP contribution is 2.70. The molecule has 19 heteroatoms. The van der Waals surface area contributed by atoms with E-state index in [1.807, 2.05) is 0 Å². The molecule has 3 unspecified atom stereocenters. The summed E-state index contributed by atoms with van der Waals surface area (Å²) in [7, 11) is -10.1. The van der Waals surface area contributed by atoms with Gasteiger partial charge in [-0.1, -0.05) is 0 Å². The molecule has 164 valence electrons. The predicted octanol–water partition coefficient (Wildman–Crippen LogP) is 0.00860. The second kappa shape index (κ2) is 10.6. The molecule has 28 heavy (non-hydrogen) atoms. The van der Waals surface area contributed by atoms with Crippen molar-refractivity contribution >= 4 is 37.4 Å². The Labute approximate surface area is 161 Å². The Morgan fingerprint density at radius 2 is 1.71 bits per heavy atom. The highest BCUT2D eigenvalue weighted by atomic mass is 31.3. The van der Waals surface area contributed by atoms with Gasteiger partial charge in [0, 0.05) is 33.8 Å². The topological polar surface area (TPSA) is 200 Å². The van der Waals surface area contributed by atoms with Gasteiger partial charge in [0.2, 0.25) is 0 Å². The Balaban J connectivity index is 2.78. The second-order valence-corrected chi connectivity index (χ2v) is 10.6. The van der Waals surface area contributed by atoms with Crippen molar-refractivity contribution in [2.24, 2.45) is 5.84 Å². The van der Waals surface area contributed by atoms with Gasteiger partial charge in [0.1, 0.15) is 20.1 Å². The first-order valence-electron chi connectivity index (χ1n) is 7.51. The van der Waals surface area contributed by atoms with Gasteiger partial charge in [-0.05, 0) is 0 Å². The third-order valence-electron chi connectivity index (χ3n) is 3.24. The molecule has 1 aliphatic heterocycles. The van der Waals surface area contributed by atoms with E-state index < -0.39 is 48.4 Å². The van der Waals surface area contributed by atoms with Crippen molar-refractivity contribution in [1.29, 1.82) is 0 Å². The maximum atomic E-state index is 12.4. The largest absolute Gasteiger partial charge is 0.490 e. The maximum Gasteiger partial charge on any atom is 0.490 e. The molecule has 5 atom stereocenters. The monoisotopic (exact) mass is 470 g/mol. The lowest BCUT2D eigenvalue weighted by Crippen LogP contribution is -2.38. The molecule has 0 aromatic heterocycles. The first-order valence-corrected chi connectivity index (χ1v) is 11.9. The molecule has 0 bridgehead atoms. The number of ether oxygens (including phenoxy) is 2. The zero-order chi connectivity index (χ0) is 21.6. The van der Waals surface area contributed by atoms with Crippen LogP contribution >= 0.6 is 23.5 Å². The van der Waals surface area contributed by atoms with Crippen LogP contribution in [0.15, 0.2) is 0 Å². The molecule has 1 fully saturated rings. The van der Waals surface area contributed by atoms with Crippen molar-refractivity contribution in [1.82, 2.24) is 5.43 Å². The van der Waals surface area contributed by atoms with Crippen molar-refractivity contribution < 1.29 is 59.6 Å². The molecule has 4 N–H and O–H groups in total. The normalized spacial score (nSPS) is 27.0. The zero-order valence-electron chi connectivity index (χ0n) is 15.4. The number of nitrogens with two attached hydrogens (primary N) is 1. The van der Waals surface area contributed by atoms with E-state index >= 15 is 0 Å². The lowest BCUT2D eigenvalue weighted by atomic mass is 9.96. The lowest BCUT2D eigenvalue weighted by Gasteiger charge is -2.23. The van der Waals surface area contributed by atoms with Gasteiger partial charge in [0.25, 0.3) is 0 Å². The number of phosphoric ester groups is 2. The van der Waals surface area contributed by atoms with Crippen LogP contribution in [0.2, 0.25) is 0 Å². The summed E-state index contributed by atoms with van der Waals surface area (Å²) in [5.41, 5.74) is 1.78. The van der Waals surface area contributed by atoms with Crippen LogP contribution in [0.3, 0.4) is 0 Å². The Hall–Kier alpha value is -0.335. The zero-order valence-corrected chi connectivity index (χ0v) is 18.1. The molecule has 1 aliphatic rings. The number of hydrogen-bond acceptors (Lipinski definition) is 13. The molecule has 0 spiro atoms. The van der Waals surface area contributed by atoms with Crippen LogP contribution in [0.5, 0.6) is 0 Å². The van der Waals surface area contributed by atoms with E-state index in [1.54, 1.807) is 13.3 Å². The van der Waals surface area contributed by atoms with Crippen LogP contribution in [0.4, 0.5) is 4.79 Å². The van der Waals surface area contributed by atoms with Gasteiger partial charge in [-0.2, -0.15) is 8.62 Å². The predicted molar refractivity (Wildman–Crippen MR) is 93.6 cm³/mol. The third kappa shape index (κ3) is 7.83. The lowest BCUT2D eigenvalue weighted by molar-refractivity contribution is -0.0124. The fourth-order valence-electron chi connectivity index (χ4n) is 2.05. The minimum Gasteiger partial charge on any atom is -0.442 e. The molecule has 1 heterocycles. The third-order valence-corrected chi connectivity index (χ3v) is 8.29. The fourth-order valence-corrected chi connectivity index (χ4v) is 6.03. The summed E-state index contributed by atoms with van der Waals surface area (Å²) in [5, 5.41) is 0. The van der Waals surface area contributed by atoms with Crippen molar-refractivity contribution in [3.8, 4) is 0 Å². The molecule has 0 aromatic carbocycles. The summed E-state index contributed by atoms with van der Waals surface area (Å²) in [6.07, 6.45) is -2.38. The van der Waals surface area contributed by atoms with E-state index in [4.69, 9.17) is 19.8 Å². The Morgan fingerprint density at radius 3 is 2.21 bits per heavy atom. The van der Waals surface area contributed by atoms with E-state index in [0.717, 1.165) is 21.3 Å². The average molecular weight is 470 g/mol. The van der Waals surface area contributed by atoms with Crippen molar-refractivity contribution in [2.45, 2.75) is 24.6 Å². The summed E-state index contributed by atoms with van der Waals surface area (Å²) >= 11 is 0. The van der Waals surface area contributed by atoms with Gasteiger partial charge in [0.15, 0.2) is 0 Å². The molecule has 15 nitrogen and oxygen atoms in total. The second-order valence-electron chi connectivity index (χ2n) is 5.18. The number of carbonyl (C=O) groups excluding carboxylic acids is 1. The van der Waals surface area contributed by atoms with E-state index in [2.05, 4.69) is 22.2 Å². The van der Waals surface area contributed by atoms with E-state index in [-0.39, 0.29) is 12.4 Å². The molecule has 1 saturated heterocycles. The molecule has 1 rings (SSSR count). The van der Waals surface area contributed by atoms with Crippen molar-refractivity contribution in [3.05, 3.63) is 0 Å². The summed E-state index contributed by atoms with van der Waals surface area (Å²) in [4.78, 5) is 20.9. The highest BCUT2D eigenvalue weighted by molar-refractivity contribution is 7.67.